The molecule has 4 N–H and O–H groups in total. The maximum absolute atomic E-state index is 8.45. The van der Waals surface area contributed by atoms with Crippen LogP contribution in [-0.2, 0) is 0 Å². The molecule has 0 aromatic carbocycles. The van der Waals surface area contributed by atoms with Crippen LogP contribution in [0.5, 0.6) is 0 Å². The molecule has 12 heavy (non-hydrogen) atoms. The summed E-state index contributed by atoms with van der Waals surface area (Å²) in [5, 5.41) is 8.45. The van der Waals surface area contributed by atoms with Gasteiger partial charge in [-0.1, -0.05) is 19.8 Å². The van der Waals surface area contributed by atoms with Crippen molar-refractivity contribution in [3.8, 4) is 0 Å². The highest BCUT2D eigenvalue weighted by atomic mass is 16.5. The Morgan fingerprint density at radius 2 is 2.17 bits per heavy atom. The fourth-order valence-electron chi connectivity index (χ4n) is 1.70. The summed E-state index contributed by atoms with van der Waals surface area (Å²) in [5.74, 6) is 0.722. The van der Waals surface area contributed by atoms with E-state index in [9.17, 15) is 0 Å². The Balaban J connectivity index is 2.48. The molecule has 2 atom stereocenters. The molecule has 0 aromatic heterocycles. The zero-order valence-corrected chi connectivity index (χ0v) is 7.45. The number of aliphatic imine (C=N–C) groups is 1. The number of hydroxylamine groups is 1. The molecule has 0 aliphatic heterocycles. The van der Waals surface area contributed by atoms with Crippen LogP contribution >= 0.6 is 0 Å². The zero-order chi connectivity index (χ0) is 8.97. The molecule has 1 aliphatic rings. The van der Waals surface area contributed by atoms with E-state index < -0.39 is 0 Å². The van der Waals surface area contributed by atoms with Gasteiger partial charge in [0.1, 0.15) is 0 Å². The molecule has 0 bridgehead atoms. The SMILES string of the molecule is CC1CCCCC1N=C(N)NO. The first-order valence-electron chi connectivity index (χ1n) is 4.47. The van der Waals surface area contributed by atoms with Gasteiger partial charge < -0.3 is 5.73 Å². The van der Waals surface area contributed by atoms with Crippen LogP contribution in [0.3, 0.4) is 0 Å². The number of nitrogens with zero attached hydrogens (tertiary/aromatic N) is 1. The molecule has 0 radical (unpaired) electrons. The quantitative estimate of drug-likeness (QED) is 0.311. The molecule has 1 saturated carbocycles. The second-order valence-electron chi connectivity index (χ2n) is 3.46. The molecule has 1 rings (SSSR count). The Morgan fingerprint density at radius 3 is 2.75 bits per heavy atom. The van der Waals surface area contributed by atoms with Crippen LogP contribution in [0.2, 0.25) is 0 Å². The molecule has 1 fully saturated rings. The minimum atomic E-state index is 0.133. The van der Waals surface area contributed by atoms with Gasteiger partial charge in [-0.25, -0.2) is 10.5 Å². The number of rotatable bonds is 1. The van der Waals surface area contributed by atoms with E-state index in [2.05, 4.69) is 11.9 Å². The van der Waals surface area contributed by atoms with E-state index in [0.29, 0.717) is 12.0 Å². The highest BCUT2D eigenvalue weighted by Crippen LogP contribution is 2.25. The van der Waals surface area contributed by atoms with Crippen LogP contribution in [0, 0.1) is 5.92 Å². The Morgan fingerprint density at radius 1 is 1.50 bits per heavy atom. The lowest BCUT2D eigenvalue weighted by Gasteiger charge is -2.25. The van der Waals surface area contributed by atoms with Crippen LogP contribution in [0.15, 0.2) is 4.99 Å². The van der Waals surface area contributed by atoms with E-state index in [1.165, 1.54) is 19.3 Å². The molecule has 2 unspecified atom stereocenters. The van der Waals surface area contributed by atoms with Crippen molar-refractivity contribution < 1.29 is 5.21 Å². The zero-order valence-electron chi connectivity index (χ0n) is 7.45. The van der Waals surface area contributed by atoms with Crippen molar-refractivity contribution in [2.75, 3.05) is 0 Å². The topological polar surface area (TPSA) is 70.6 Å². The summed E-state index contributed by atoms with van der Waals surface area (Å²) >= 11 is 0. The third-order valence-electron chi connectivity index (χ3n) is 2.49. The van der Waals surface area contributed by atoms with Gasteiger partial charge in [0, 0.05) is 0 Å². The minimum absolute atomic E-state index is 0.133. The average molecular weight is 171 g/mol. The largest absolute Gasteiger partial charge is 0.368 e. The van der Waals surface area contributed by atoms with Crippen LogP contribution in [0.25, 0.3) is 0 Å². The predicted octanol–water partition coefficient (Wildman–Crippen LogP) is 0.859. The molecule has 4 heteroatoms. The first kappa shape index (κ1) is 9.32. The number of nitrogens with one attached hydrogen (secondary N) is 1. The minimum Gasteiger partial charge on any atom is -0.368 e. The van der Waals surface area contributed by atoms with Gasteiger partial charge in [0.05, 0.1) is 6.04 Å². The number of guanidine groups is 1. The summed E-state index contributed by atoms with van der Waals surface area (Å²) in [7, 11) is 0. The molecule has 70 valence electrons. The second-order valence-corrected chi connectivity index (χ2v) is 3.46. The molecule has 0 spiro atoms. The summed E-state index contributed by atoms with van der Waals surface area (Å²) in [6.07, 6.45) is 4.81. The van der Waals surface area contributed by atoms with Crippen molar-refractivity contribution >= 4 is 5.96 Å². The predicted molar refractivity (Wildman–Crippen MR) is 48.0 cm³/mol. The Bertz CT molecular complexity index is 170. The van der Waals surface area contributed by atoms with E-state index in [1.54, 1.807) is 0 Å². The van der Waals surface area contributed by atoms with Crippen molar-refractivity contribution in [1.82, 2.24) is 5.48 Å². The third kappa shape index (κ3) is 2.37. The van der Waals surface area contributed by atoms with E-state index in [1.807, 2.05) is 5.48 Å². The van der Waals surface area contributed by atoms with Crippen molar-refractivity contribution in [1.29, 1.82) is 0 Å². The van der Waals surface area contributed by atoms with Gasteiger partial charge in [-0.05, 0) is 18.8 Å². The van der Waals surface area contributed by atoms with Crippen molar-refractivity contribution in [2.24, 2.45) is 16.6 Å². The summed E-state index contributed by atoms with van der Waals surface area (Å²) in [5.41, 5.74) is 7.22. The standard InChI is InChI=1S/C8H17N3O/c1-6-4-2-3-5-7(6)10-8(9)11-12/h6-7,12H,2-5H2,1H3,(H3,9,10,11). The fourth-order valence-corrected chi connectivity index (χ4v) is 1.70. The van der Waals surface area contributed by atoms with E-state index >= 15 is 0 Å². The summed E-state index contributed by atoms with van der Waals surface area (Å²) < 4.78 is 0. The number of hydrogen-bond acceptors (Lipinski definition) is 2. The van der Waals surface area contributed by atoms with Crippen molar-refractivity contribution in [2.45, 2.75) is 38.6 Å². The van der Waals surface area contributed by atoms with E-state index in [0.717, 1.165) is 6.42 Å². The highest BCUT2D eigenvalue weighted by molar-refractivity contribution is 5.76. The molecule has 0 aromatic rings. The Hall–Kier alpha value is -0.770. The van der Waals surface area contributed by atoms with Gasteiger partial charge in [-0.15, -0.1) is 0 Å². The normalized spacial score (nSPS) is 31.7. The first-order chi connectivity index (χ1) is 5.74. The maximum atomic E-state index is 8.45. The van der Waals surface area contributed by atoms with Crippen molar-refractivity contribution in [3.05, 3.63) is 0 Å². The van der Waals surface area contributed by atoms with Crippen LogP contribution in [-0.4, -0.2) is 17.2 Å². The Labute approximate surface area is 72.8 Å². The second kappa shape index (κ2) is 4.30. The number of nitrogens with two attached hydrogens (primary N) is 1. The van der Waals surface area contributed by atoms with E-state index in [-0.39, 0.29) is 5.96 Å². The molecule has 4 nitrogen and oxygen atoms in total. The van der Waals surface area contributed by atoms with Gasteiger partial charge in [0.25, 0.3) is 0 Å². The van der Waals surface area contributed by atoms with Crippen molar-refractivity contribution in [3.63, 3.8) is 0 Å². The number of hydrogen-bond donors (Lipinski definition) is 3. The average Bonchev–Trinajstić information content (AvgIpc) is 2.09. The smallest absolute Gasteiger partial charge is 0.213 e. The third-order valence-corrected chi connectivity index (χ3v) is 2.49. The molecule has 0 saturated heterocycles. The van der Waals surface area contributed by atoms with Gasteiger partial charge >= 0.3 is 0 Å². The van der Waals surface area contributed by atoms with Gasteiger partial charge in [0.15, 0.2) is 0 Å². The molecule has 1 aliphatic carbocycles. The van der Waals surface area contributed by atoms with Gasteiger partial charge in [-0.3, -0.25) is 5.21 Å². The molecular weight excluding hydrogens is 154 g/mol. The molecular formula is C8H17N3O. The summed E-state index contributed by atoms with van der Waals surface area (Å²) in [4.78, 5) is 4.17. The lowest BCUT2D eigenvalue weighted by atomic mass is 9.86. The lowest BCUT2D eigenvalue weighted by Crippen LogP contribution is -2.32. The first-order valence-corrected chi connectivity index (χ1v) is 4.47. The van der Waals surface area contributed by atoms with Crippen LogP contribution in [0.1, 0.15) is 32.6 Å². The molecule has 0 amide bonds. The fraction of sp³-hybridized carbons (Fsp3) is 0.875. The van der Waals surface area contributed by atoms with Crippen LogP contribution < -0.4 is 11.2 Å². The van der Waals surface area contributed by atoms with Gasteiger partial charge in [0.2, 0.25) is 5.96 Å². The van der Waals surface area contributed by atoms with E-state index in [4.69, 9.17) is 10.9 Å². The van der Waals surface area contributed by atoms with Crippen LogP contribution in [0.4, 0.5) is 0 Å². The summed E-state index contributed by atoms with van der Waals surface area (Å²) in [6.45, 7) is 2.18. The monoisotopic (exact) mass is 171 g/mol. The summed E-state index contributed by atoms with van der Waals surface area (Å²) in [6, 6.07) is 0.290. The Kier molecular flexibility index (Phi) is 3.34. The molecule has 0 heterocycles. The lowest BCUT2D eigenvalue weighted by molar-refractivity contribution is 0.230. The van der Waals surface area contributed by atoms with Gasteiger partial charge in [-0.2, -0.15) is 0 Å². The highest BCUT2D eigenvalue weighted by Gasteiger charge is 2.20. The maximum Gasteiger partial charge on any atom is 0.213 e.